The normalized spacial score (nSPS) is 10.8. The van der Waals surface area contributed by atoms with Crippen molar-refractivity contribution in [1.82, 2.24) is 0 Å². The standard InChI is InChI=1S/C17H20O2/c18-12-6-2-1-3-9-17(19)16-11-10-14-7-4-5-8-15(14)13-16/h4-5,7-8,10-11,13,18H,1-3,6,9,12H2. The summed E-state index contributed by atoms with van der Waals surface area (Å²) in [5.41, 5.74) is 0.806. The summed E-state index contributed by atoms with van der Waals surface area (Å²) < 4.78 is 0. The van der Waals surface area contributed by atoms with Crippen molar-refractivity contribution >= 4 is 16.6 Å². The van der Waals surface area contributed by atoms with Gasteiger partial charge in [-0.1, -0.05) is 49.2 Å². The average molecular weight is 256 g/mol. The molecule has 0 aliphatic heterocycles. The highest BCUT2D eigenvalue weighted by molar-refractivity contribution is 5.99. The fourth-order valence-corrected chi connectivity index (χ4v) is 2.26. The Kier molecular flexibility index (Phi) is 5.10. The Balaban J connectivity index is 1.93. The van der Waals surface area contributed by atoms with E-state index in [-0.39, 0.29) is 12.4 Å². The molecule has 1 N–H and O–H groups in total. The van der Waals surface area contributed by atoms with Crippen LogP contribution in [0.3, 0.4) is 0 Å². The van der Waals surface area contributed by atoms with Crippen molar-refractivity contribution < 1.29 is 9.90 Å². The van der Waals surface area contributed by atoms with E-state index in [0.717, 1.165) is 36.6 Å². The number of hydrogen-bond acceptors (Lipinski definition) is 2. The third kappa shape index (κ3) is 3.90. The number of fused-ring (bicyclic) bond motifs is 1. The second kappa shape index (κ2) is 7.05. The third-order valence-electron chi connectivity index (χ3n) is 3.38. The minimum Gasteiger partial charge on any atom is -0.396 e. The van der Waals surface area contributed by atoms with Crippen LogP contribution in [0.1, 0.15) is 42.5 Å². The van der Waals surface area contributed by atoms with E-state index < -0.39 is 0 Å². The van der Waals surface area contributed by atoms with Crippen LogP contribution in [0.15, 0.2) is 42.5 Å². The number of carbonyl (C=O) groups is 1. The van der Waals surface area contributed by atoms with Crippen LogP contribution in [0.5, 0.6) is 0 Å². The van der Waals surface area contributed by atoms with Gasteiger partial charge in [0, 0.05) is 18.6 Å². The number of carbonyl (C=O) groups excluding carboxylic acids is 1. The molecule has 2 nitrogen and oxygen atoms in total. The molecular formula is C17H20O2. The van der Waals surface area contributed by atoms with E-state index in [0.29, 0.717) is 6.42 Å². The number of benzene rings is 2. The third-order valence-corrected chi connectivity index (χ3v) is 3.38. The van der Waals surface area contributed by atoms with Gasteiger partial charge in [0.25, 0.3) is 0 Å². The van der Waals surface area contributed by atoms with Crippen LogP contribution in [-0.2, 0) is 0 Å². The van der Waals surface area contributed by atoms with Gasteiger partial charge in [-0.05, 0) is 29.7 Å². The Hall–Kier alpha value is -1.67. The Bertz CT molecular complexity index is 546. The van der Waals surface area contributed by atoms with E-state index >= 15 is 0 Å². The number of hydrogen-bond donors (Lipinski definition) is 1. The molecule has 100 valence electrons. The van der Waals surface area contributed by atoms with E-state index in [9.17, 15) is 4.79 Å². The fourth-order valence-electron chi connectivity index (χ4n) is 2.26. The van der Waals surface area contributed by atoms with Crippen LogP contribution in [0.2, 0.25) is 0 Å². The minimum atomic E-state index is 0.217. The maximum absolute atomic E-state index is 12.1. The van der Waals surface area contributed by atoms with Gasteiger partial charge in [-0.25, -0.2) is 0 Å². The lowest BCUT2D eigenvalue weighted by molar-refractivity contribution is 0.0979. The fraction of sp³-hybridized carbons (Fsp3) is 0.353. The zero-order valence-corrected chi connectivity index (χ0v) is 11.1. The van der Waals surface area contributed by atoms with E-state index in [2.05, 4.69) is 6.07 Å². The Morgan fingerprint density at radius 1 is 0.895 bits per heavy atom. The van der Waals surface area contributed by atoms with Gasteiger partial charge >= 0.3 is 0 Å². The molecule has 0 aliphatic carbocycles. The highest BCUT2D eigenvalue weighted by atomic mass is 16.2. The maximum Gasteiger partial charge on any atom is 0.162 e. The lowest BCUT2D eigenvalue weighted by Crippen LogP contribution is -1.99. The molecule has 0 radical (unpaired) electrons. The summed E-state index contributed by atoms with van der Waals surface area (Å²) in [6.45, 7) is 0.249. The summed E-state index contributed by atoms with van der Waals surface area (Å²) in [5.74, 6) is 0.217. The van der Waals surface area contributed by atoms with Crippen LogP contribution in [0.4, 0.5) is 0 Å². The predicted molar refractivity (Wildman–Crippen MR) is 78.4 cm³/mol. The van der Waals surface area contributed by atoms with Crippen molar-refractivity contribution in [1.29, 1.82) is 0 Å². The summed E-state index contributed by atoms with van der Waals surface area (Å²) >= 11 is 0. The second-order valence-electron chi connectivity index (χ2n) is 4.87. The van der Waals surface area contributed by atoms with E-state index in [1.165, 1.54) is 5.39 Å². The van der Waals surface area contributed by atoms with Gasteiger partial charge in [0.1, 0.15) is 0 Å². The number of ketones is 1. The molecule has 0 amide bonds. The summed E-state index contributed by atoms with van der Waals surface area (Å²) in [7, 11) is 0. The van der Waals surface area contributed by atoms with Crippen molar-refractivity contribution in [2.75, 3.05) is 6.61 Å². The Morgan fingerprint density at radius 3 is 2.42 bits per heavy atom. The van der Waals surface area contributed by atoms with Gasteiger partial charge in [-0.15, -0.1) is 0 Å². The van der Waals surface area contributed by atoms with Gasteiger partial charge in [-0.3, -0.25) is 4.79 Å². The number of aliphatic hydroxyl groups is 1. The molecule has 0 saturated carbocycles. The lowest BCUT2D eigenvalue weighted by atomic mass is 10.0. The maximum atomic E-state index is 12.1. The molecule has 0 atom stereocenters. The molecule has 0 fully saturated rings. The number of Topliss-reactive ketones (excluding diaryl/α,β-unsaturated/α-hetero) is 1. The Morgan fingerprint density at radius 2 is 1.63 bits per heavy atom. The van der Waals surface area contributed by atoms with Gasteiger partial charge in [0.15, 0.2) is 5.78 Å². The summed E-state index contributed by atoms with van der Waals surface area (Å²) in [6.07, 6.45) is 4.36. The zero-order chi connectivity index (χ0) is 13.5. The Labute approximate surface area is 114 Å². The highest BCUT2D eigenvalue weighted by Gasteiger charge is 2.06. The monoisotopic (exact) mass is 256 g/mol. The molecule has 0 saturated heterocycles. The van der Waals surface area contributed by atoms with E-state index in [1.807, 2.05) is 36.4 Å². The molecule has 0 bridgehead atoms. The SMILES string of the molecule is O=C(CCCCCCO)c1ccc2ccccc2c1. The van der Waals surface area contributed by atoms with Gasteiger partial charge in [0.2, 0.25) is 0 Å². The van der Waals surface area contributed by atoms with Crippen molar-refractivity contribution in [3.8, 4) is 0 Å². The molecule has 19 heavy (non-hydrogen) atoms. The van der Waals surface area contributed by atoms with Gasteiger partial charge < -0.3 is 5.11 Å². The summed E-state index contributed by atoms with van der Waals surface area (Å²) in [4.78, 5) is 12.1. The van der Waals surface area contributed by atoms with Crippen LogP contribution < -0.4 is 0 Å². The van der Waals surface area contributed by atoms with Crippen LogP contribution in [0.25, 0.3) is 10.8 Å². The smallest absolute Gasteiger partial charge is 0.162 e. The van der Waals surface area contributed by atoms with Crippen molar-refractivity contribution in [3.63, 3.8) is 0 Å². The van der Waals surface area contributed by atoms with Crippen LogP contribution >= 0.6 is 0 Å². The van der Waals surface area contributed by atoms with Crippen LogP contribution in [0, 0.1) is 0 Å². The van der Waals surface area contributed by atoms with Gasteiger partial charge in [0.05, 0.1) is 0 Å². The molecule has 0 unspecified atom stereocenters. The quantitative estimate of drug-likeness (QED) is 0.601. The summed E-state index contributed by atoms with van der Waals surface area (Å²) in [6, 6.07) is 14.0. The molecule has 2 heteroatoms. The molecule has 0 spiro atoms. The molecule has 0 aromatic heterocycles. The zero-order valence-electron chi connectivity index (χ0n) is 11.1. The first-order valence-electron chi connectivity index (χ1n) is 6.94. The van der Waals surface area contributed by atoms with E-state index in [4.69, 9.17) is 5.11 Å². The van der Waals surface area contributed by atoms with Crippen molar-refractivity contribution in [2.24, 2.45) is 0 Å². The molecule has 2 rings (SSSR count). The van der Waals surface area contributed by atoms with Crippen LogP contribution in [-0.4, -0.2) is 17.5 Å². The van der Waals surface area contributed by atoms with Gasteiger partial charge in [-0.2, -0.15) is 0 Å². The molecule has 0 aliphatic rings. The molecule has 2 aromatic rings. The number of unbranched alkanes of at least 4 members (excludes halogenated alkanes) is 3. The topological polar surface area (TPSA) is 37.3 Å². The number of rotatable bonds is 7. The molecule has 0 heterocycles. The number of aliphatic hydroxyl groups excluding tert-OH is 1. The van der Waals surface area contributed by atoms with Crippen molar-refractivity contribution in [3.05, 3.63) is 48.0 Å². The van der Waals surface area contributed by atoms with Crippen molar-refractivity contribution in [2.45, 2.75) is 32.1 Å². The first-order chi connectivity index (χ1) is 9.31. The average Bonchev–Trinajstić information content (AvgIpc) is 2.46. The predicted octanol–water partition coefficient (Wildman–Crippen LogP) is 3.97. The minimum absolute atomic E-state index is 0.217. The first kappa shape index (κ1) is 13.8. The summed E-state index contributed by atoms with van der Waals surface area (Å²) in [5, 5.41) is 11.0. The van der Waals surface area contributed by atoms with E-state index in [1.54, 1.807) is 0 Å². The second-order valence-corrected chi connectivity index (χ2v) is 4.87. The molecule has 2 aromatic carbocycles. The lowest BCUT2D eigenvalue weighted by Gasteiger charge is -2.03. The first-order valence-corrected chi connectivity index (χ1v) is 6.94. The largest absolute Gasteiger partial charge is 0.396 e. The highest BCUT2D eigenvalue weighted by Crippen LogP contribution is 2.17. The molecular weight excluding hydrogens is 236 g/mol.